The predicted octanol–water partition coefficient (Wildman–Crippen LogP) is -0.933. The Kier molecular flexibility index (Phi) is 15.2. The molecule has 0 aliphatic carbocycles. The Balaban J connectivity index is 1.78. The molecule has 0 aromatic heterocycles. The van der Waals surface area contributed by atoms with E-state index in [1.165, 1.54) is 0 Å². The quantitative estimate of drug-likeness (QED) is 0.121. The summed E-state index contributed by atoms with van der Waals surface area (Å²) in [5, 5.41) is 0. The second-order valence-corrected chi connectivity index (χ2v) is 18.5. The summed E-state index contributed by atoms with van der Waals surface area (Å²) in [7, 11) is -17.5. The summed E-state index contributed by atoms with van der Waals surface area (Å²) in [6, 6.07) is 7.69. The van der Waals surface area contributed by atoms with Crippen LogP contribution in [-0.2, 0) is 31.3 Å². The zero-order valence-corrected chi connectivity index (χ0v) is 29.3. The average Bonchev–Trinajstić information content (AvgIpc) is 3.03. The first-order valence-electron chi connectivity index (χ1n) is 14.8. The molecule has 0 amide bonds. The van der Waals surface area contributed by atoms with Crippen LogP contribution in [0.2, 0.25) is 0 Å². The topological polar surface area (TPSA) is 250 Å². The average molecular weight is 737 g/mol. The lowest BCUT2D eigenvalue weighted by Gasteiger charge is -2.29. The van der Waals surface area contributed by atoms with Crippen LogP contribution in [0.15, 0.2) is 24.3 Å². The normalized spacial score (nSPS) is 21.2. The van der Waals surface area contributed by atoms with Crippen LogP contribution < -0.4 is 0 Å². The van der Waals surface area contributed by atoms with Crippen molar-refractivity contribution in [2.45, 2.75) is 13.1 Å². The van der Waals surface area contributed by atoms with E-state index in [0.29, 0.717) is 65.4 Å². The van der Waals surface area contributed by atoms with Gasteiger partial charge in [-0.25, -0.2) is 0 Å². The molecule has 2 fully saturated rings. The van der Waals surface area contributed by atoms with Gasteiger partial charge in [-0.2, -0.15) is 0 Å². The van der Waals surface area contributed by atoms with Crippen molar-refractivity contribution >= 4 is 30.4 Å². The molecule has 3 rings (SSSR count). The summed E-state index contributed by atoms with van der Waals surface area (Å²) in [6.07, 6.45) is -1.86. The molecule has 0 radical (unpaired) electrons. The summed E-state index contributed by atoms with van der Waals surface area (Å²) < 4.78 is 47.0. The number of nitrogens with zero attached hydrogens (tertiary/aromatic N) is 6. The summed E-state index contributed by atoms with van der Waals surface area (Å²) in [5.41, 5.74) is 1.92. The van der Waals surface area contributed by atoms with Gasteiger partial charge in [-0.3, -0.25) is 47.7 Å². The van der Waals surface area contributed by atoms with Gasteiger partial charge in [0.1, 0.15) is 25.1 Å². The number of benzene rings is 1. The molecule has 266 valence electrons. The first kappa shape index (κ1) is 40.0. The first-order chi connectivity index (χ1) is 21.2. The van der Waals surface area contributed by atoms with Crippen LogP contribution in [0.4, 0.5) is 0 Å². The molecule has 0 unspecified atom stereocenters. The van der Waals surface area contributed by atoms with Crippen LogP contribution in [0.5, 0.6) is 0 Å². The van der Waals surface area contributed by atoms with E-state index in [1.54, 1.807) is 19.6 Å². The molecule has 2 aliphatic heterocycles. The molecule has 18 nitrogen and oxygen atoms in total. The Bertz CT molecular complexity index is 1140. The van der Waals surface area contributed by atoms with Crippen LogP contribution in [0.1, 0.15) is 11.1 Å². The molecule has 22 heteroatoms. The van der Waals surface area contributed by atoms with E-state index in [2.05, 4.69) is 9.80 Å². The second kappa shape index (κ2) is 17.5. The zero-order valence-electron chi connectivity index (χ0n) is 25.7. The predicted molar refractivity (Wildman–Crippen MR) is 171 cm³/mol. The van der Waals surface area contributed by atoms with E-state index in [0.717, 1.165) is 11.1 Å². The van der Waals surface area contributed by atoms with E-state index >= 15 is 0 Å². The van der Waals surface area contributed by atoms with Crippen molar-refractivity contribution in [3.63, 3.8) is 0 Å². The lowest BCUT2D eigenvalue weighted by molar-refractivity contribution is 0.208. The molecule has 46 heavy (non-hydrogen) atoms. The van der Waals surface area contributed by atoms with Crippen molar-refractivity contribution < 1.29 is 57.4 Å². The lowest BCUT2D eigenvalue weighted by atomic mass is 10.1. The van der Waals surface area contributed by atoms with Gasteiger partial charge in [0.05, 0.1) is 0 Å². The molecule has 1 aromatic rings. The third-order valence-corrected chi connectivity index (χ3v) is 10.9. The van der Waals surface area contributed by atoms with Gasteiger partial charge in [-0.15, -0.1) is 0 Å². The Morgan fingerprint density at radius 1 is 0.391 bits per heavy atom. The van der Waals surface area contributed by atoms with Crippen molar-refractivity contribution in [3.8, 4) is 0 Å². The lowest BCUT2D eigenvalue weighted by Crippen LogP contribution is -2.37. The van der Waals surface area contributed by atoms with Crippen LogP contribution in [0, 0.1) is 0 Å². The van der Waals surface area contributed by atoms with Gasteiger partial charge < -0.3 is 39.1 Å². The molecule has 2 saturated heterocycles. The SMILES string of the molecule is O=P(O)(O)CN1CCN(Cc2ccccc2CN2CCN(CP(=O)(O)O)CCN(CP(=O)(O)O)CC2)CCN(CP(=O)(O)O)CC1. The van der Waals surface area contributed by atoms with Crippen molar-refractivity contribution in [1.82, 2.24) is 29.4 Å². The minimum atomic E-state index is -4.36. The molecule has 0 bridgehead atoms. The van der Waals surface area contributed by atoms with Crippen molar-refractivity contribution in [1.29, 1.82) is 0 Å². The summed E-state index contributed by atoms with van der Waals surface area (Å²) >= 11 is 0. The summed E-state index contributed by atoms with van der Waals surface area (Å²) in [4.78, 5) is 87.2. The van der Waals surface area contributed by atoms with Crippen LogP contribution >= 0.6 is 30.4 Å². The zero-order chi connectivity index (χ0) is 34.2. The molecular formula is C24H48N6O12P4. The van der Waals surface area contributed by atoms with Gasteiger partial charge in [0, 0.05) is 91.6 Å². The highest BCUT2D eigenvalue weighted by Gasteiger charge is 2.27. The second-order valence-electron chi connectivity index (χ2n) is 12.0. The molecule has 0 atom stereocenters. The monoisotopic (exact) mass is 736 g/mol. The molecule has 2 aliphatic rings. The maximum absolute atomic E-state index is 11.8. The Hall–Kier alpha value is -0.420. The van der Waals surface area contributed by atoms with E-state index in [9.17, 15) is 57.4 Å². The highest BCUT2D eigenvalue weighted by Crippen LogP contribution is 2.38. The number of hydrogen-bond donors (Lipinski definition) is 8. The number of hydrogen-bond acceptors (Lipinski definition) is 10. The standard InChI is InChI=1S/C24H48N6O12P4/c31-43(32,33)19-27-9-5-25(6-10-28(14-13-27)20-44(34,35)36)17-23-3-1-2-4-24(23)18-26-7-11-29(21-45(37,38)39)15-16-30(12-8-26)22-46(40,41)42/h1-4H,5-22H2,(H2,31,32,33)(H2,34,35,36)(H2,37,38,39)(H2,40,41,42). The molecule has 0 spiro atoms. The minimum Gasteiger partial charge on any atom is -0.324 e. The highest BCUT2D eigenvalue weighted by atomic mass is 31.2. The highest BCUT2D eigenvalue weighted by molar-refractivity contribution is 7.52. The molecular weight excluding hydrogens is 688 g/mol. The Morgan fingerprint density at radius 2 is 0.587 bits per heavy atom. The fourth-order valence-corrected chi connectivity index (χ4v) is 8.86. The van der Waals surface area contributed by atoms with E-state index in [-0.39, 0.29) is 26.2 Å². The third kappa shape index (κ3) is 16.8. The van der Waals surface area contributed by atoms with E-state index in [4.69, 9.17) is 0 Å². The largest absolute Gasteiger partial charge is 0.339 e. The van der Waals surface area contributed by atoms with E-state index < -0.39 is 55.5 Å². The molecule has 2 heterocycles. The Labute approximate surface area is 269 Å². The fourth-order valence-electron chi connectivity index (χ4n) is 5.64. The van der Waals surface area contributed by atoms with Gasteiger partial charge in [0.2, 0.25) is 0 Å². The van der Waals surface area contributed by atoms with Gasteiger partial charge >= 0.3 is 30.4 Å². The summed E-state index contributed by atoms with van der Waals surface area (Å²) in [5.74, 6) is 0. The fraction of sp³-hybridized carbons (Fsp3) is 0.750. The van der Waals surface area contributed by atoms with Crippen LogP contribution in [-0.4, -0.2) is 172 Å². The van der Waals surface area contributed by atoms with Gasteiger partial charge in [-0.05, 0) is 11.1 Å². The minimum absolute atomic E-state index is 0.239. The van der Waals surface area contributed by atoms with Gasteiger partial charge in [0.15, 0.2) is 0 Å². The maximum Gasteiger partial charge on any atom is 0.339 e. The number of rotatable bonds is 12. The van der Waals surface area contributed by atoms with E-state index in [1.807, 2.05) is 24.3 Å². The van der Waals surface area contributed by atoms with Crippen molar-refractivity contribution in [2.24, 2.45) is 0 Å². The smallest absolute Gasteiger partial charge is 0.324 e. The summed E-state index contributed by atoms with van der Waals surface area (Å²) in [6.45, 7) is 5.04. The third-order valence-electron chi connectivity index (χ3n) is 7.84. The Morgan fingerprint density at radius 3 is 0.783 bits per heavy atom. The van der Waals surface area contributed by atoms with Gasteiger partial charge in [0.25, 0.3) is 0 Å². The van der Waals surface area contributed by atoms with Crippen molar-refractivity contribution in [2.75, 3.05) is 104 Å². The maximum atomic E-state index is 11.8. The van der Waals surface area contributed by atoms with Gasteiger partial charge in [-0.1, -0.05) is 24.3 Å². The molecule has 0 saturated carbocycles. The molecule has 8 N–H and O–H groups in total. The van der Waals surface area contributed by atoms with Crippen LogP contribution in [0.25, 0.3) is 0 Å². The van der Waals surface area contributed by atoms with Crippen molar-refractivity contribution in [3.05, 3.63) is 35.4 Å². The molecule has 1 aromatic carbocycles. The first-order valence-corrected chi connectivity index (χ1v) is 22.0. The van der Waals surface area contributed by atoms with Crippen LogP contribution in [0.3, 0.4) is 0 Å².